The molecule has 0 aliphatic carbocycles. The Balaban J connectivity index is 2.38. The number of carbonyl (C=O) groups excluding carboxylic acids is 1. The van der Waals surface area contributed by atoms with Crippen LogP contribution in [0.5, 0.6) is 5.75 Å². The third-order valence-electron chi connectivity index (χ3n) is 2.77. The lowest BCUT2D eigenvalue weighted by Gasteiger charge is -2.19. The summed E-state index contributed by atoms with van der Waals surface area (Å²) in [5.74, 6) is -1.94. The fourth-order valence-corrected chi connectivity index (χ4v) is 1.39. The highest BCUT2D eigenvalue weighted by Gasteiger charge is 2.23. The third-order valence-corrected chi connectivity index (χ3v) is 2.77. The molecule has 0 bridgehead atoms. The molecular formula is C13H17F2NO2. The number of amides is 1. The normalized spacial score (nSPS) is 11.3. The van der Waals surface area contributed by atoms with Gasteiger partial charge in [-0.3, -0.25) is 4.79 Å². The predicted octanol–water partition coefficient (Wildman–Crippen LogP) is 2.64. The lowest BCUT2D eigenvalue weighted by atomic mass is 9.87. The monoisotopic (exact) mass is 257 g/mol. The van der Waals surface area contributed by atoms with Crippen molar-refractivity contribution in [2.75, 3.05) is 6.61 Å². The van der Waals surface area contributed by atoms with Gasteiger partial charge in [0, 0.05) is 11.5 Å². The molecule has 5 heteroatoms. The number of rotatable bonds is 6. The van der Waals surface area contributed by atoms with Crippen LogP contribution in [0.3, 0.4) is 0 Å². The summed E-state index contributed by atoms with van der Waals surface area (Å²) < 4.78 is 30.8. The average Bonchev–Trinajstić information content (AvgIpc) is 2.29. The Morgan fingerprint density at radius 1 is 1.33 bits per heavy atom. The van der Waals surface area contributed by atoms with Crippen LogP contribution < -0.4 is 10.5 Å². The van der Waals surface area contributed by atoms with Gasteiger partial charge in [0.05, 0.1) is 6.61 Å². The molecule has 2 N–H and O–H groups in total. The van der Waals surface area contributed by atoms with Crippen LogP contribution in [-0.4, -0.2) is 12.5 Å². The molecule has 0 atom stereocenters. The van der Waals surface area contributed by atoms with Crippen LogP contribution in [0.25, 0.3) is 0 Å². The second-order valence-corrected chi connectivity index (χ2v) is 4.78. The van der Waals surface area contributed by atoms with Crippen LogP contribution in [0.2, 0.25) is 0 Å². The average molecular weight is 257 g/mol. The molecule has 0 saturated carbocycles. The molecule has 1 aromatic rings. The van der Waals surface area contributed by atoms with E-state index in [1.807, 2.05) is 0 Å². The molecule has 0 aromatic heterocycles. The van der Waals surface area contributed by atoms with Crippen molar-refractivity contribution >= 4 is 5.91 Å². The molecular weight excluding hydrogens is 240 g/mol. The molecule has 0 radical (unpaired) electrons. The van der Waals surface area contributed by atoms with E-state index in [-0.39, 0.29) is 11.7 Å². The van der Waals surface area contributed by atoms with Gasteiger partial charge in [0.25, 0.3) is 0 Å². The highest BCUT2D eigenvalue weighted by atomic mass is 19.2. The second-order valence-electron chi connectivity index (χ2n) is 4.78. The molecule has 0 heterocycles. The Labute approximate surface area is 105 Å². The summed E-state index contributed by atoms with van der Waals surface area (Å²) in [5, 5.41) is 0. The summed E-state index contributed by atoms with van der Waals surface area (Å²) in [7, 11) is 0. The summed E-state index contributed by atoms with van der Waals surface area (Å²) in [6.07, 6.45) is 1.18. The Kier molecular flexibility index (Phi) is 4.64. The van der Waals surface area contributed by atoms with Crippen LogP contribution in [-0.2, 0) is 4.79 Å². The van der Waals surface area contributed by atoms with Gasteiger partial charge in [-0.1, -0.05) is 13.8 Å². The second kappa shape index (κ2) is 5.80. The molecule has 100 valence electrons. The van der Waals surface area contributed by atoms with Gasteiger partial charge in [0.2, 0.25) is 5.91 Å². The molecule has 3 nitrogen and oxygen atoms in total. The molecule has 1 rings (SSSR count). The molecule has 1 aromatic carbocycles. The summed E-state index contributed by atoms with van der Waals surface area (Å²) in [6.45, 7) is 3.83. The number of primary amides is 1. The smallest absolute Gasteiger partial charge is 0.223 e. The van der Waals surface area contributed by atoms with Crippen LogP contribution >= 0.6 is 0 Å². The first kappa shape index (κ1) is 14.4. The summed E-state index contributed by atoms with van der Waals surface area (Å²) in [5.41, 5.74) is 4.64. The molecule has 0 unspecified atom stereocenters. The van der Waals surface area contributed by atoms with Crippen molar-refractivity contribution in [1.82, 2.24) is 0 Å². The zero-order valence-corrected chi connectivity index (χ0v) is 10.5. The highest BCUT2D eigenvalue weighted by molar-refractivity contribution is 5.79. The SMILES string of the molecule is CC(C)(CCCOc1ccc(F)c(F)c1)C(N)=O. The van der Waals surface area contributed by atoms with Crippen LogP contribution in [0.1, 0.15) is 26.7 Å². The van der Waals surface area contributed by atoms with Gasteiger partial charge < -0.3 is 10.5 Å². The van der Waals surface area contributed by atoms with Crippen molar-refractivity contribution in [1.29, 1.82) is 0 Å². The molecule has 18 heavy (non-hydrogen) atoms. The number of hydrogen-bond donors (Lipinski definition) is 1. The first-order valence-electron chi connectivity index (χ1n) is 5.71. The van der Waals surface area contributed by atoms with Crippen molar-refractivity contribution < 1.29 is 18.3 Å². The predicted molar refractivity (Wildman–Crippen MR) is 64.1 cm³/mol. The standard InChI is InChI=1S/C13H17F2NO2/c1-13(2,12(16)17)6-3-7-18-9-4-5-10(14)11(15)8-9/h4-5,8H,3,6-7H2,1-2H3,(H2,16,17). The molecule has 0 spiro atoms. The van der Waals surface area contributed by atoms with E-state index in [2.05, 4.69) is 0 Å². The van der Waals surface area contributed by atoms with E-state index in [4.69, 9.17) is 10.5 Å². The van der Waals surface area contributed by atoms with Gasteiger partial charge in [-0.05, 0) is 25.0 Å². The fourth-order valence-electron chi connectivity index (χ4n) is 1.39. The first-order valence-corrected chi connectivity index (χ1v) is 5.71. The van der Waals surface area contributed by atoms with Crippen LogP contribution in [0.4, 0.5) is 8.78 Å². The molecule has 1 amide bonds. The number of hydrogen-bond acceptors (Lipinski definition) is 2. The lowest BCUT2D eigenvalue weighted by Crippen LogP contribution is -2.31. The molecule has 0 aliphatic rings. The Hall–Kier alpha value is -1.65. The van der Waals surface area contributed by atoms with Crippen molar-refractivity contribution in [2.45, 2.75) is 26.7 Å². The van der Waals surface area contributed by atoms with E-state index in [0.29, 0.717) is 19.4 Å². The highest BCUT2D eigenvalue weighted by Crippen LogP contribution is 2.22. The van der Waals surface area contributed by atoms with E-state index in [0.717, 1.165) is 12.1 Å². The van der Waals surface area contributed by atoms with E-state index in [1.54, 1.807) is 13.8 Å². The molecule has 0 saturated heterocycles. The van der Waals surface area contributed by atoms with Crippen LogP contribution in [0.15, 0.2) is 18.2 Å². The number of carbonyl (C=O) groups is 1. The fraction of sp³-hybridized carbons (Fsp3) is 0.462. The molecule has 0 aliphatic heterocycles. The van der Waals surface area contributed by atoms with Gasteiger partial charge in [-0.15, -0.1) is 0 Å². The van der Waals surface area contributed by atoms with E-state index in [1.165, 1.54) is 6.07 Å². The van der Waals surface area contributed by atoms with Crippen molar-refractivity contribution in [3.8, 4) is 5.75 Å². The van der Waals surface area contributed by atoms with E-state index >= 15 is 0 Å². The first-order chi connectivity index (χ1) is 8.33. The van der Waals surface area contributed by atoms with E-state index in [9.17, 15) is 13.6 Å². The quantitative estimate of drug-likeness (QED) is 0.796. The maximum atomic E-state index is 12.9. The van der Waals surface area contributed by atoms with Gasteiger partial charge in [0.1, 0.15) is 5.75 Å². The van der Waals surface area contributed by atoms with Gasteiger partial charge in [-0.2, -0.15) is 0 Å². The summed E-state index contributed by atoms with van der Waals surface area (Å²) in [4.78, 5) is 11.1. The third kappa shape index (κ3) is 3.98. The van der Waals surface area contributed by atoms with Gasteiger partial charge in [-0.25, -0.2) is 8.78 Å². The Morgan fingerprint density at radius 2 is 2.00 bits per heavy atom. The van der Waals surface area contributed by atoms with Crippen LogP contribution in [0, 0.1) is 17.0 Å². The molecule has 0 fully saturated rings. The Bertz CT molecular complexity index is 433. The minimum absolute atomic E-state index is 0.269. The zero-order valence-electron chi connectivity index (χ0n) is 10.5. The Morgan fingerprint density at radius 3 is 2.56 bits per heavy atom. The van der Waals surface area contributed by atoms with Crippen molar-refractivity contribution in [3.05, 3.63) is 29.8 Å². The lowest BCUT2D eigenvalue weighted by molar-refractivity contribution is -0.126. The maximum absolute atomic E-state index is 12.9. The van der Waals surface area contributed by atoms with Gasteiger partial charge in [0.15, 0.2) is 11.6 Å². The minimum atomic E-state index is -0.940. The maximum Gasteiger partial charge on any atom is 0.223 e. The van der Waals surface area contributed by atoms with Gasteiger partial charge >= 0.3 is 0 Å². The number of halogens is 2. The van der Waals surface area contributed by atoms with Crippen molar-refractivity contribution in [2.24, 2.45) is 11.1 Å². The topological polar surface area (TPSA) is 52.3 Å². The number of nitrogens with two attached hydrogens (primary N) is 1. The summed E-state index contributed by atoms with van der Waals surface area (Å²) >= 11 is 0. The van der Waals surface area contributed by atoms with E-state index < -0.39 is 17.0 Å². The number of ether oxygens (including phenoxy) is 1. The van der Waals surface area contributed by atoms with Crippen molar-refractivity contribution in [3.63, 3.8) is 0 Å². The number of benzene rings is 1. The minimum Gasteiger partial charge on any atom is -0.493 e. The zero-order chi connectivity index (χ0) is 13.8. The largest absolute Gasteiger partial charge is 0.493 e. The summed E-state index contributed by atoms with van der Waals surface area (Å²) in [6, 6.07) is 3.37.